The Labute approximate surface area is 172 Å². The summed E-state index contributed by atoms with van der Waals surface area (Å²) >= 11 is 0. The average molecular weight is 393 g/mol. The number of rotatable bonds is 18. The Morgan fingerprint density at radius 1 is 0.750 bits per heavy atom. The lowest BCUT2D eigenvalue weighted by Crippen LogP contribution is -2.07. The molecule has 3 heteroatoms. The van der Waals surface area contributed by atoms with E-state index in [4.69, 9.17) is 4.74 Å². The van der Waals surface area contributed by atoms with E-state index >= 15 is 0 Å². The fraction of sp³-hybridized carbons (Fsp3) is 0.720. The maximum absolute atomic E-state index is 12.2. The summed E-state index contributed by atoms with van der Waals surface area (Å²) in [6.07, 6.45) is 18.7. The number of benzene rings is 1. The third kappa shape index (κ3) is 13.7. The van der Waals surface area contributed by atoms with Gasteiger partial charge in [-0.15, -0.1) is 0 Å². The molecule has 160 valence electrons. The summed E-state index contributed by atoms with van der Waals surface area (Å²) in [5, 5.41) is 0. The van der Waals surface area contributed by atoms with E-state index in [1.807, 2.05) is 12.1 Å². The molecule has 28 heavy (non-hydrogen) atoms. The van der Waals surface area contributed by atoms with Crippen LogP contribution in [0.25, 0.3) is 0 Å². The van der Waals surface area contributed by atoms with Gasteiger partial charge in [0.15, 0.2) is 0 Å². The van der Waals surface area contributed by atoms with Crippen LogP contribution in [-0.2, 0) is 11.2 Å². The van der Waals surface area contributed by atoms with Crippen LogP contribution in [-0.4, -0.2) is 12.6 Å². The predicted octanol–water partition coefficient (Wildman–Crippen LogP) is 7.98. The lowest BCUT2D eigenvalue weighted by Gasteiger charge is -2.06. The van der Waals surface area contributed by atoms with Crippen molar-refractivity contribution in [3.05, 3.63) is 29.8 Å². The number of alkyl halides is 1. The SMILES string of the molecule is CCCCCCCCCCCCCCCC(=O)Oc1ccc(CCCF)cc1. The molecular formula is C25H41FO2. The Balaban J connectivity index is 1.92. The van der Waals surface area contributed by atoms with E-state index in [0.29, 0.717) is 18.6 Å². The average Bonchev–Trinajstić information content (AvgIpc) is 2.71. The molecule has 0 unspecified atom stereocenters. The van der Waals surface area contributed by atoms with Crippen molar-refractivity contribution < 1.29 is 13.9 Å². The molecule has 0 bridgehead atoms. The molecule has 0 aliphatic carbocycles. The highest BCUT2D eigenvalue weighted by Gasteiger charge is 2.05. The zero-order chi connectivity index (χ0) is 20.3. The first-order chi connectivity index (χ1) is 13.8. The van der Waals surface area contributed by atoms with Crippen LogP contribution in [0.3, 0.4) is 0 Å². The molecule has 0 aliphatic heterocycles. The molecule has 0 spiro atoms. The van der Waals surface area contributed by atoms with Crippen LogP contribution < -0.4 is 4.74 Å². The smallest absolute Gasteiger partial charge is 0.311 e. The number of aryl methyl sites for hydroxylation is 1. The highest BCUT2D eigenvalue weighted by atomic mass is 19.1. The van der Waals surface area contributed by atoms with Gasteiger partial charge in [0.25, 0.3) is 0 Å². The lowest BCUT2D eigenvalue weighted by molar-refractivity contribution is -0.134. The molecule has 0 atom stereocenters. The molecule has 0 saturated heterocycles. The molecule has 0 amide bonds. The van der Waals surface area contributed by atoms with E-state index in [9.17, 15) is 9.18 Å². The molecule has 0 aromatic heterocycles. The standard InChI is InChI=1S/C25H41FO2/c1-2-3-4-5-6-7-8-9-10-11-12-13-14-17-25(27)28-24-20-18-23(19-21-24)16-15-22-26/h18-21H,2-17,22H2,1H3. The summed E-state index contributed by atoms with van der Waals surface area (Å²) in [5.41, 5.74) is 1.08. The topological polar surface area (TPSA) is 26.3 Å². The van der Waals surface area contributed by atoms with Crippen molar-refractivity contribution in [3.63, 3.8) is 0 Å². The lowest BCUT2D eigenvalue weighted by atomic mass is 10.0. The molecule has 0 aliphatic rings. The van der Waals surface area contributed by atoms with E-state index in [0.717, 1.165) is 24.8 Å². The Hall–Kier alpha value is -1.38. The molecule has 1 aromatic rings. The first kappa shape index (κ1) is 24.7. The first-order valence-corrected chi connectivity index (χ1v) is 11.6. The summed E-state index contributed by atoms with van der Waals surface area (Å²) in [6.45, 7) is 1.97. The van der Waals surface area contributed by atoms with Gasteiger partial charge in [0, 0.05) is 6.42 Å². The Kier molecular flexibility index (Phi) is 15.6. The summed E-state index contributed by atoms with van der Waals surface area (Å²) in [7, 11) is 0. The normalized spacial score (nSPS) is 10.9. The van der Waals surface area contributed by atoms with Gasteiger partial charge in [0.05, 0.1) is 6.67 Å². The zero-order valence-corrected chi connectivity index (χ0v) is 18.0. The number of esters is 1. The van der Waals surface area contributed by atoms with E-state index in [2.05, 4.69) is 6.92 Å². The molecular weight excluding hydrogens is 351 g/mol. The Bertz CT molecular complexity index is 484. The predicted molar refractivity (Wildman–Crippen MR) is 117 cm³/mol. The number of hydrogen-bond acceptors (Lipinski definition) is 2. The number of ether oxygens (including phenoxy) is 1. The van der Waals surface area contributed by atoms with Crippen molar-refractivity contribution in [3.8, 4) is 5.75 Å². The summed E-state index contributed by atoms with van der Waals surface area (Å²) in [4.78, 5) is 11.9. The van der Waals surface area contributed by atoms with Crippen LogP contribution in [0.15, 0.2) is 24.3 Å². The minimum Gasteiger partial charge on any atom is -0.427 e. The first-order valence-electron chi connectivity index (χ1n) is 11.6. The van der Waals surface area contributed by atoms with E-state index in [1.54, 1.807) is 12.1 Å². The quantitative estimate of drug-likeness (QED) is 0.144. The van der Waals surface area contributed by atoms with Gasteiger partial charge in [-0.1, -0.05) is 96.1 Å². The maximum atomic E-state index is 12.2. The molecule has 0 fully saturated rings. The monoisotopic (exact) mass is 392 g/mol. The maximum Gasteiger partial charge on any atom is 0.311 e. The largest absolute Gasteiger partial charge is 0.427 e. The van der Waals surface area contributed by atoms with Crippen LogP contribution >= 0.6 is 0 Å². The molecule has 0 saturated carbocycles. The second-order valence-corrected chi connectivity index (χ2v) is 7.90. The number of unbranched alkanes of at least 4 members (excludes halogenated alkanes) is 12. The molecule has 1 aromatic carbocycles. The Morgan fingerprint density at radius 2 is 1.25 bits per heavy atom. The van der Waals surface area contributed by atoms with Gasteiger partial charge < -0.3 is 4.74 Å². The fourth-order valence-electron chi connectivity index (χ4n) is 3.46. The van der Waals surface area contributed by atoms with Gasteiger partial charge in [-0.2, -0.15) is 0 Å². The minimum absolute atomic E-state index is 0.153. The molecule has 0 radical (unpaired) electrons. The van der Waals surface area contributed by atoms with E-state index in [1.165, 1.54) is 70.6 Å². The zero-order valence-electron chi connectivity index (χ0n) is 18.0. The Morgan fingerprint density at radius 3 is 1.75 bits per heavy atom. The van der Waals surface area contributed by atoms with Crippen LogP contribution in [0.4, 0.5) is 4.39 Å². The van der Waals surface area contributed by atoms with Gasteiger partial charge in [-0.3, -0.25) is 9.18 Å². The fourth-order valence-corrected chi connectivity index (χ4v) is 3.46. The molecule has 2 nitrogen and oxygen atoms in total. The van der Waals surface area contributed by atoms with Gasteiger partial charge in [-0.05, 0) is 37.0 Å². The van der Waals surface area contributed by atoms with Crippen LogP contribution in [0.1, 0.15) is 109 Å². The van der Waals surface area contributed by atoms with Gasteiger partial charge in [-0.25, -0.2) is 0 Å². The van der Waals surface area contributed by atoms with Gasteiger partial charge in [0.2, 0.25) is 0 Å². The molecule has 1 rings (SSSR count). The molecule has 0 heterocycles. The van der Waals surface area contributed by atoms with Crippen LogP contribution in [0.5, 0.6) is 5.75 Å². The van der Waals surface area contributed by atoms with Crippen LogP contribution in [0, 0.1) is 0 Å². The van der Waals surface area contributed by atoms with Crippen LogP contribution in [0.2, 0.25) is 0 Å². The summed E-state index contributed by atoms with van der Waals surface area (Å²) in [5.74, 6) is 0.434. The van der Waals surface area contributed by atoms with E-state index in [-0.39, 0.29) is 12.6 Å². The molecule has 0 N–H and O–H groups in total. The van der Waals surface area contributed by atoms with Crippen molar-refractivity contribution in [1.29, 1.82) is 0 Å². The number of hydrogen-bond donors (Lipinski definition) is 0. The van der Waals surface area contributed by atoms with Gasteiger partial charge >= 0.3 is 5.97 Å². The number of halogens is 1. The van der Waals surface area contributed by atoms with Crippen molar-refractivity contribution >= 4 is 5.97 Å². The number of carbonyl (C=O) groups is 1. The van der Waals surface area contributed by atoms with E-state index < -0.39 is 0 Å². The van der Waals surface area contributed by atoms with Gasteiger partial charge in [0.1, 0.15) is 5.75 Å². The third-order valence-electron chi connectivity index (χ3n) is 5.24. The summed E-state index contributed by atoms with van der Waals surface area (Å²) < 4.78 is 17.5. The van der Waals surface area contributed by atoms with Crippen molar-refractivity contribution in [2.75, 3.05) is 6.67 Å². The summed E-state index contributed by atoms with van der Waals surface area (Å²) in [6, 6.07) is 7.41. The highest BCUT2D eigenvalue weighted by molar-refractivity contribution is 5.72. The number of carbonyl (C=O) groups excluding carboxylic acids is 1. The highest BCUT2D eigenvalue weighted by Crippen LogP contribution is 2.16. The van der Waals surface area contributed by atoms with Crippen molar-refractivity contribution in [2.45, 2.75) is 110 Å². The second-order valence-electron chi connectivity index (χ2n) is 7.90. The van der Waals surface area contributed by atoms with Crippen molar-refractivity contribution in [1.82, 2.24) is 0 Å². The van der Waals surface area contributed by atoms with Crippen molar-refractivity contribution in [2.24, 2.45) is 0 Å². The second kappa shape index (κ2) is 17.7. The third-order valence-corrected chi connectivity index (χ3v) is 5.24. The minimum atomic E-state index is -0.296.